The first kappa shape index (κ1) is 14.1. The van der Waals surface area contributed by atoms with Crippen molar-refractivity contribution >= 4 is 10.0 Å². The number of nitrogens with zero attached hydrogens (tertiary/aromatic N) is 1. The smallest absolute Gasteiger partial charge is 0.276 e. The molecule has 0 saturated heterocycles. The van der Waals surface area contributed by atoms with Crippen LogP contribution < -0.4 is 5.32 Å². The number of hydrogen-bond acceptors (Lipinski definition) is 4. The van der Waals surface area contributed by atoms with Crippen molar-refractivity contribution in [3.63, 3.8) is 0 Å². The van der Waals surface area contributed by atoms with Crippen LogP contribution in [0.4, 0.5) is 0 Å². The van der Waals surface area contributed by atoms with Gasteiger partial charge < -0.3 is 9.73 Å². The number of sulfonamides is 1. The number of nitrogens with one attached hydrogen (secondary N) is 1. The Morgan fingerprint density at radius 1 is 1.35 bits per heavy atom. The summed E-state index contributed by atoms with van der Waals surface area (Å²) < 4.78 is 31.9. The fraction of sp³-hybridized carbons (Fsp3) is 0.714. The second-order valence-corrected chi connectivity index (χ2v) is 7.90. The van der Waals surface area contributed by atoms with Gasteiger partial charge in [0.05, 0.1) is 6.54 Å². The van der Waals surface area contributed by atoms with Crippen LogP contribution in [-0.2, 0) is 16.6 Å². The van der Waals surface area contributed by atoms with E-state index in [0.717, 1.165) is 12.8 Å². The maximum atomic E-state index is 12.5. The molecule has 0 amide bonds. The zero-order valence-corrected chi connectivity index (χ0v) is 12.8. The van der Waals surface area contributed by atoms with Crippen LogP contribution >= 0.6 is 0 Å². The van der Waals surface area contributed by atoms with Gasteiger partial charge >= 0.3 is 0 Å². The highest BCUT2D eigenvalue weighted by Crippen LogP contribution is 2.36. The van der Waals surface area contributed by atoms with E-state index in [4.69, 9.17) is 4.42 Å². The highest BCUT2D eigenvalue weighted by atomic mass is 32.2. The Kier molecular flexibility index (Phi) is 3.64. The summed E-state index contributed by atoms with van der Waals surface area (Å²) in [7, 11) is -1.86. The van der Waals surface area contributed by atoms with Crippen LogP contribution in [0.3, 0.4) is 0 Å². The van der Waals surface area contributed by atoms with Crippen LogP contribution in [-0.4, -0.2) is 31.9 Å². The van der Waals surface area contributed by atoms with Gasteiger partial charge in [-0.15, -0.1) is 0 Å². The summed E-state index contributed by atoms with van der Waals surface area (Å²) >= 11 is 0. The first-order valence-electron chi connectivity index (χ1n) is 7.28. The van der Waals surface area contributed by atoms with Gasteiger partial charge in [0.15, 0.2) is 0 Å². The second-order valence-electron chi connectivity index (χ2n) is 5.98. The molecule has 0 bridgehead atoms. The molecule has 5 nitrogen and oxygen atoms in total. The average Bonchev–Trinajstić information content (AvgIpc) is 3.34. The van der Waals surface area contributed by atoms with E-state index >= 15 is 0 Å². The van der Waals surface area contributed by atoms with Gasteiger partial charge in [0, 0.05) is 19.1 Å². The minimum Gasteiger partial charge on any atom is -0.447 e. The van der Waals surface area contributed by atoms with E-state index < -0.39 is 10.0 Å². The van der Waals surface area contributed by atoms with Crippen LogP contribution in [0.1, 0.15) is 38.4 Å². The summed E-state index contributed by atoms with van der Waals surface area (Å²) in [5.74, 6) is 1.18. The topological polar surface area (TPSA) is 62.6 Å². The molecular formula is C14H22N2O3S. The molecule has 1 atom stereocenters. The second kappa shape index (κ2) is 5.16. The van der Waals surface area contributed by atoms with Crippen molar-refractivity contribution in [2.24, 2.45) is 5.92 Å². The van der Waals surface area contributed by atoms with Crippen molar-refractivity contribution in [3.05, 3.63) is 17.9 Å². The monoisotopic (exact) mass is 298 g/mol. The normalized spacial score (nSPS) is 21.4. The molecule has 2 saturated carbocycles. The van der Waals surface area contributed by atoms with Gasteiger partial charge in [-0.2, -0.15) is 4.31 Å². The van der Waals surface area contributed by atoms with Crippen molar-refractivity contribution in [1.29, 1.82) is 0 Å². The lowest BCUT2D eigenvalue weighted by Gasteiger charge is -2.22. The largest absolute Gasteiger partial charge is 0.447 e. The predicted molar refractivity (Wildman–Crippen MR) is 75.7 cm³/mol. The lowest BCUT2D eigenvalue weighted by Crippen LogP contribution is -2.36. The molecule has 112 valence electrons. The van der Waals surface area contributed by atoms with E-state index in [2.05, 4.69) is 5.32 Å². The van der Waals surface area contributed by atoms with Crippen LogP contribution in [0.15, 0.2) is 21.6 Å². The van der Waals surface area contributed by atoms with Gasteiger partial charge in [-0.25, -0.2) is 8.42 Å². The molecular weight excluding hydrogens is 276 g/mol. The third-order valence-electron chi connectivity index (χ3n) is 4.29. The van der Waals surface area contributed by atoms with E-state index in [0.29, 0.717) is 24.3 Å². The SMILES string of the molecule is CC(C1CC1)N(C)S(=O)(=O)c1ccc(CNC2CC2)o1. The van der Waals surface area contributed by atoms with E-state index in [9.17, 15) is 8.42 Å². The first-order valence-corrected chi connectivity index (χ1v) is 8.72. The Morgan fingerprint density at radius 2 is 2.05 bits per heavy atom. The Bertz CT molecular complexity index is 573. The van der Waals surface area contributed by atoms with E-state index in [1.165, 1.54) is 17.1 Å². The summed E-state index contributed by atoms with van der Waals surface area (Å²) in [6, 6.07) is 3.93. The molecule has 2 fully saturated rings. The van der Waals surface area contributed by atoms with Gasteiger partial charge in [-0.1, -0.05) is 0 Å². The summed E-state index contributed by atoms with van der Waals surface area (Å²) in [6.07, 6.45) is 4.65. The molecule has 1 heterocycles. The van der Waals surface area contributed by atoms with Crippen LogP contribution in [0.25, 0.3) is 0 Å². The predicted octanol–water partition coefficient (Wildman–Crippen LogP) is 1.95. The molecule has 0 aliphatic heterocycles. The minimum absolute atomic E-state index is 0.0399. The van der Waals surface area contributed by atoms with Crippen LogP contribution in [0.2, 0.25) is 0 Å². The Labute approximate surface area is 120 Å². The van der Waals surface area contributed by atoms with Crippen molar-refractivity contribution in [3.8, 4) is 0 Å². The third kappa shape index (κ3) is 2.92. The standard InChI is InChI=1S/C14H22N2O3S/c1-10(11-3-4-11)16(2)20(17,18)14-8-7-13(19-14)9-15-12-5-6-12/h7-8,10-12,15H,3-6,9H2,1-2H3. The molecule has 0 radical (unpaired) electrons. The van der Waals surface area contributed by atoms with Crippen molar-refractivity contribution in [2.75, 3.05) is 7.05 Å². The van der Waals surface area contributed by atoms with Crippen molar-refractivity contribution in [1.82, 2.24) is 9.62 Å². The van der Waals surface area contributed by atoms with E-state index in [1.54, 1.807) is 19.2 Å². The van der Waals surface area contributed by atoms with Gasteiger partial charge in [0.25, 0.3) is 10.0 Å². The Balaban J connectivity index is 1.69. The molecule has 0 aromatic carbocycles. The maximum Gasteiger partial charge on any atom is 0.276 e. The van der Waals surface area contributed by atoms with Crippen molar-refractivity contribution < 1.29 is 12.8 Å². The number of hydrogen-bond donors (Lipinski definition) is 1. The quantitative estimate of drug-likeness (QED) is 0.836. The third-order valence-corrected chi connectivity index (χ3v) is 6.11. The fourth-order valence-corrected chi connectivity index (χ4v) is 3.71. The lowest BCUT2D eigenvalue weighted by atomic mass is 10.2. The molecule has 6 heteroatoms. The first-order chi connectivity index (χ1) is 9.48. The maximum absolute atomic E-state index is 12.5. The average molecular weight is 298 g/mol. The van der Waals surface area contributed by atoms with Gasteiger partial charge in [0.2, 0.25) is 5.09 Å². The highest BCUT2D eigenvalue weighted by Gasteiger charge is 2.37. The number of rotatable bonds is 7. The van der Waals surface area contributed by atoms with Crippen molar-refractivity contribution in [2.45, 2.75) is 56.3 Å². The molecule has 1 unspecified atom stereocenters. The molecule has 20 heavy (non-hydrogen) atoms. The molecule has 1 aromatic rings. The molecule has 0 spiro atoms. The Hall–Kier alpha value is -0.850. The molecule has 2 aliphatic carbocycles. The minimum atomic E-state index is -3.51. The van der Waals surface area contributed by atoms with Gasteiger partial charge in [-0.05, 0) is 50.7 Å². The van der Waals surface area contributed by atoms with Crippen LogP contribution in [0.5, 0.6) is 0 Å². The highest BCUT2D eigenvalue weighted by molar-refractivity contribution is 7.89. The summed E-state index contributed by atoms with van der Waals surface area (Å²) in [6.45, 7) is 2.57. The van der Waals surface area contributed by atoms with E-state index in [1.807, 2.05) is 6.92 Å². The van der Waals surface area contributed by atoms with Gasteiger partial charge in [0.1, 0.15) is 5.76 Å². The molecule has 1 N–H and O–H groups in total. The van der Waals surface area contributed by atoms with Crippen LogP contribution in [0, 0.1) is 5.92 Å². The molecule has 3 rings (SSSR count). The molecule has 1 aromatic heterocycles. The lowest BCUT2D eigenvalue weighted by molar-refractivity contribution is 0.333. The zero-order chi connectivity index (χ0) is 14.3. The van der Waals surface area contributed by atoms with E-state index in [-0.39, 0.29) is 11.1 Å². The fourth-order valence-electron chi connectivity index (χ4n) is 2.36. The van der Waals surface area contributed by atoms with Gasteiger partial charge in [-0.3, -0.25) is 0 Å². The zero-order valence-electron chi connectivity index (χ0n) is 12.0. The number of furan rings is 1. The summed E-state index contributed by atoms with van der Waals surface area (Å²) in [5, 5.41) is 3.37. The summed E-state index contributed by atoms with van der Waals surface area (Å²) in [4.78, 5) is 0. The molecule has 2 aliphatic rings. The Morgan fingerprint density at radius 3 is 2.65 bits per heavy atom. The summed E-state index contributed by atoms with van der Waals surface area (Å²) in [5.41, 5.74) is 0.